The largest absolute Gasteiger partial charge is 0.394 e. The molecule has 0 amide bonds. The second-order valence-electron chi connectivity index (χ2n) is 5.85. The molecule has 0 aliphatic carbocycles. The Kier molecular flexibility index (Phi) is 4.96. The fourth-order valence-corrected chi connectivity index (χ4v) is 2.80. The SMILES string of the molecule is Cc1nn(CCO)c(C)c1CNc1ccc(Cn2cccn2)cc1. The Labute approximate surface area is 141 Å². The van der Waals surface area contributed by atoms with E-state index >= 15 is 0 Å². The van der Waals surface area contributed by atoms with E-state index in [4.69, 9.17) is 5.11 Å². The Morgan fingerprint density at radius 1 is 1.17 bits per heavy atom. The Morgan fingerprint density at radius 2 is 1.96 bits per heavy atom. The summed E-state index contributed by atoms with van der Waals surface area (Å²) in [7, 11) is 0. The molecule has 1 aromatic carbocycles. The van der Waals surface area contributed by atoms with Gasteiger partial charge in [-0.05, 0) is 37.6 Å². The van der Waals surface area contributed by atoms with Gasteiger partial charge in [-0.15, -0.1) is 0 Å². The van der Waals surface area contributed by atoms with Gasteiger partial charge in [0, 0.05) is 35.9 Å². The molecule has 24 heavy (non-hydrogen) atoms. The van der Waals surface area contributed by atoms with Gasteiger partial charge in [-0.1, -0.05) is 12.1 Å². The van der Waals surface area contributed by atoms with Crippen molar-refractivity contribution in [1.29, 1.82) is 0 Å². The molecule has 0 aliphatic heterocycles. The minimum Gasteiger partial charge on any atom is -0.394 e. The van der Waals surface area contributed by atoms with Crippen molar-refractivity contribution in [1.82, 2.24) is 19.6 Å². The number of benzene rings is 1. The summed E-state index contributed by atoms with van der Waals surface area (Å²) in [6.07, 6.45) is 3.75. The second kappa shape index (κ2) is 7.31. The highest BCUT2D eigenvalue weighted by Gasteiger charge is 2.10. The average molecular weight is 325 g/mol. The monoisotopic (exact) mass is 325 g/mol. The maximum atomic E-state index is 9.09. The predicted molar refractivity (Wildman–Crippen MR) is 93.9 cm³/mol. The van der Waals surface area contributed by atoms with Gasteiger partial charge in [0.05, 0.1) is 25.4 Å². The number of rotatable bonds is 7. The molecule has 126 valence electrons. The highest BCUT2D eigenvalue weighted by Crippen LogP contribution is 2.16. The molecule has 2 aromatic heterocycles. The maximum Gasteiger partial charge on any atom is 0.0659 e. The zero-order valence-electron chi connectivity index (χ0n) is 14.1. The molecule has 3 rings (SSSR count). The van der Waals surface area contributed by atoms with Crippen LogP contribution < -0.4 is 5.32 Å². The van der Waals surface area contributed by atoms with E-state index < -0.39 is 0 Å². The van der Waals surface area contributed by atoms with Crippen molar-refractivity contribution in [3.63, 3.8) is 0 Å². The van der Waals surface area contributed by atoms with Crippen molar-refractivity contribution in [3.8, 4) is 0 Å². The molecule has 2 heterocycles. The summed E-state index contributed by atoms with van der Waals surface area (Å²) in [6.45, 7) is 6.19. The molecule has 3 aromatic rings. The lowest BCUT2D eigenvalue weighted by atomic mass is 10.1. The van der Waals surface area contributed by atoms with Gasteiger partial charge in [0.1, 0.15) is 0 Å². The van der Waals surface area contributed by atoms with Crippen molar-refractivity contribution >= 4 is 5.69 Å². The van der Waals surface area contributed by atoms with Crippen LogP contribution in [0.4, 0.5) is 5.69 Å². The van der Waals surface area contributed by atoms with E-state index in [-0.39, 0.29) is 6.61 Å². The van der Waals surface area contributed by atoms with Crippen LogP contribution in [0.25, 0.3) is 0 Å². The van der Waals surface area contributed by atoms with Crippen LogP contribution in [0.3, 0.4) is 0 Å². The van der Waals surface area contributed by atoms with Gasteiger partial charge in [0.2, 0.25) is 0 Å². The lowest BCUT2D eigenvalue weighted by molar-refractivity contribution is 0.268. The highest BCUT2D eigenvalue weighted by atomic mass is 16.3. The van der Waals surface area contributed by atoms with Gasteiger partial charge in [-0.3, -0.25) is 9.36 Å². The molecule has 6 heteroatoms. The number of nitrogens with zero attached hydrogens (tertiary/aromatic N) is 4. The Bertz CT molecular complexity index is 775. The van der Waals surface area contributed by atoms with Crippen molar-refractivity contribution in [3.05, 3.63) is 65.2 Å². The van der Waals surface area contributed by atoms with Crippen molar-refractivity contribution in [2.45, 2.75) is 33.5 Å². The number of aliphatic hydroxyl groups is 1. The van der Waals surface area contributed by atoms with Crippen LogP contribution in [-0.4, -0.2) is 31.3 Å². The first kappa shape index (κ1) is 16.3. The third-order valence-electron chi connectivity index (χ3n) is 4.17. The summed E-state index contributed by atoms with van der Waals surface area (Å²) in [5.74, 6) is 0. The predicted octanol–water partition coefficient (Wildman–Crippen LogP) is 2.35. The topological polar surface area (TPSA) is 67.9 Å². The lowest BCUT2D eigenvalue weighted by Crippen LogP contribution is -2.07. The molecule has 0 atom stereocenters. The zero-order chi connectivity index (χ0) is 16.9. The summed E-state index contributed by atoms with van der Waals surface area (Å²) in [4.78, 5) is 0. The van der Waals surface area contributed by atoms with Crippen molar-refractivity contribution in [2.24, 2.45) is 0 Å². The van der Waals surface area contributed by atoms with Gasteiger partial charge >= 0.3 is 0 Å². The van der Waals surface area contributed by atoms with Crippen molar-refractivity contribution in [2.75, 3.05) is 11.9 Å². The minimum absolute atomic E-state index is 0.104. The number of aromatic nitrogens is 4. The van der Waals surface area contributed by atoms with E-state index in [1.165, 1.54) is 11.1 Å². The summed E-state index contributed by atoms with van der Waals surface area (Å²) < 4.78 is 3.77. The molecule has 2 N–H and O–H groups in total. The lowest BCUT2D eigenvalue weighted by Gasteiger charge is -2.09. The first-order valence-corrected chi connectivity index (χ1v) is 8.11. The number of hydrogen-bond donors (Lipinski definition) is 2. The Hall–Kier alpha value is -2.60. The van der Waals surface area contributed by atoms with E-state index in [2.05, 4.69) is 39.8 Å². The molecule has 0 bridgehead atoms. The van der Waals surface area contributed by atoms with Crippen molar-refractivity contribution < 1.29 is 5.11 Å². The van der Waals surface area contributed by atoms with E-state index in [0.717, 1.165) is 30.2 Å². The minimum atomic E-state index is 0.104. The first-order valence-electron chi connectivity index (χ1n) is 8.11. The van der Waals surface area contributed by atoms with Gasteiger partial charge in [-0.25, -0.2) is 0 Å². The average Bonchev–Trinajstić information content (AvgIpc) is 3.17. The van der Waals surface area contributed by atoms with Gasteiger partial charge < -0.3 is 10.4 Å². The normalized spacial score (nSPS) is 11.0. The van der Waals surface area contributed by atoms with Gasteiger partial charge in [0.15, 0.2) is 0 Å². The van der Waals surface area contributed by atoms with E-state index in [0.29, 0.717) is 6.54 Å². The number of hydrogen-bond acceptors (Lipinski definition) is 4. The molecule has 0 saturated heterocycles. The molecule has 6 nitrogen and oxygen atoms in total. The molecule has 0 spiro atoms. The van der Waals surface area contributed by atoms with Crippen LogP contribution in [0, 0.1) is 13.8 Å². The highest BCUT2D eigenvalue weighted by molar-refractivity contribution is 5.45. The molecule has 0 radical (unpaired) electrons. The third-order valence-corrected chi connectivity index (χ3v) is 4.17. The van der Waals surface area contributed by atoms with E-state index in [1.54, 1.807) is 6.20 Å². The molecule has 0 fully saturated rings. The quantitative estimate of drug-likeness (QED) is 0.700. The maximum absolute atomic E-state index is 9.09. The van der Waals surface area contributed by atoms with Gasteiger partial charge in [-0.2, -0.15) is 10.2 Å². The Morgan fingerprint density at radius 3 is 2.62 bits per heavy atom. The fraction of sp³-hybridized carbons (Fsp3) is 0.333. The third kappa shape index (κ3) is 3.65. The van der Waals surface area contributed by atoms with E-state index in [1.807, 2.05) is 35.5 Å². The fourth-order valence-electron chi connectivity index (χ4n) is 2.80. The van der Waals surface area contributed by atoms with Crippen LogP contribution in [0.1, 0.15) is 22.5 Å². The smallest absolute Gasteiger partial charge is 0.0659 e. The molecular formula is C18H23N5O. The molecule has 0 aliphatic rings. The molecule has 0 unspecified atom stereocenters. The van der Waals surface area contributed by atoms with Crippen LogP contribution in [-0.2, 0) is 19.6 Å². The van der Waals surface area contributed by atoms with Crippen LogP contribution in [0.2, 0.25) is 0 Å². The summed E-state index contributed by atoms with van der Waals surface area (Å²) in [5, 5.41) is 21.2. The first-order chi connectivity index (χ1) is 11.7. The van der Waals surface area contributed by atoms with E-state index in [9.17, 15) is 0 Å². The van der Waals surface area contributed by atoms with Crippen LogP contribution >= 0.6 is 0 Å². The number of nitrogens with one attached hydrogen (secondary N) is 1. The summed E-state index contributed by atoms with van der Waals surface area (Å²) in [6, 6.07) is 10.3. The number of aliphatic hydroxyl groups excluding tert-OH is 1. The molecule has 0 saturated carbocycles. The second-order valence-corrected chi connectivity index (χ2v) is 5.85. The standard InChI is InChI=1S/C18H23N5O/c1-14-18(15(2)23(21-14)10-11-24)12-19-17-6-4-16(5-7-17)13-22-9-3-8-20-22/h3-9,19,24H,10-13H2,1-2H3. The van der Waals surface area contributed by atoms with Crippen LogP contribution in [0.5, 0.6) is 0 Å². The number of anilines is 1. The summed E-state index contributed by atoms with van der Waals surface area (Å²) >= 11 is 0. The van der Waals surface area contributed by atoms with Crippen LogP contribution in [0.15, 0.2) is 42.7 Å². The zero-order valence-corrected chi connectivity index (χ0v) is 14.1. The number of aryl methyl sites for hydroxylation is 1. The summed E-state index contributed by atoms with van der Waals surface area (Å²) in [5.41, 5.74) is 5.58. The Balaban J connectivity index is 1.62. The van der Waals surface area contributed by atoms with Gasteiger partial charge in [0.25, 0.3) is 0 Å². The molecular weight excluding hydrogens is 302 g/mol.